The van der Waals surface area contributed by atoms with Crippen LogP contribution in [0.25, 0.3) is 0 Å². The highest BCUT2D eigenvalue weighted by molar-refractivity contribution is 5.55. The Morgan fingerprint density at radius 2 is 2.27 bits per heavy atom. The van der Waals surface area contributed by atoms with E-state index in [4.69, 9.17) is 5.73 Å². The molecule has 0 amide bonds. The van der Waals surface area contributed by atoms with Crippen molar-refractivity contribution in [3.63, 3.8) is 0 Å². The lowest BCUT2D eigenvalue weighted by molar-refractivity contribution is -0.385. The summed E-state index contributed by atoms with van der Waals surface area (Å²) in [6.07, 6.45) is 1.35. The lowest BCUT2D eigenvalue weighted by Crippen LogP contribution is -2.10. The van der Waals surface area contributed by atoms with Gasteiger partial charge in [0.2, 0.25) is 0 Å². The van der Waals surface area contributed by atoms with Gasteiger partial charge in [-0.05, 0) is 18.6 Å². The van der Waals surface area contributed by atoms with E-state index in [1.807, 2.05) is 0 Å². The molecule has 0 aliphatic heterocycles. The van der Waals surface area contributed by atoms with E-state index in [0.717, 1.165) is 0 Å². The van der Waals surface area contributed by atoms with Crippen molar-refractivity contribution in [1.29, 1.82) is 0 Å². The number of benzene rings is 1. The van der Waals surface area contributed by atoms with Crippen molar-refractivity contribution in [2.24, 2.45) is 5.73 Å². The average Bonchev–Trinajstić information content (AvgIpc) is 2.20. The van der Waals surface area contributed by atoms with Crippen LogP contribution in [0.2, 0.25) is 0 Å². The number of rotatable bonds is 3. The first-order valence-electron chi connectivity index (χ1n) is 4.34. The first-order chi connectivity index (χ1) is 6.99. The summed E-state index contributed by atoms with van der Waals surface area (Å²) >= 11 is 0. The highest BCUT2D eigenvalue weighted by atomic mass is 16.6. The molecule has 1 aromatic rings. The summed E-state index contributed by atoms with van der Waals surface area (Å²) in [7, 11) is 0. The molecule has 0 fully saturated rings. The Morgan fingerprint density at radius 3 is 2.73 bits per heavy atom. The quantitative estimate of drug-likeness (QED) is 0.450. The molecule has 15 heavy (non-hydrogen) atoms. The summed E-state index contributed by atoms with van der Waals surface area (Å²) in [6.45, 7) is 5.10. The number of nitrogens with two attached hydrogens (primary N) is 1. The van der Waals surface area contributed by atoms with Gasteiger partial charge < -0.3 is 10.8 Å². The van der Waals surface area contributed by atoms with Crippen molar-refractivity contribution in [2.45, 2.75) is 13.0 Å². The van der Waals surface area contributed by atoms with E-state index in [1.165, 1.54) is 18.2 Å². The zero-order valence-electron chi connectivity index (χ0n) is 8.30. The molecule has 1 atom stereocenters. The number of aromatic hydroxyl groups is 1. The minimum absolute atomic E-state index is 0.106. The Kier molecular flexibility index (Phi) is 3.06. The van der Waals surface area contributed by atoms with Crippen LogP contribution in [0.1, 0.15) is 17.2 Å². The maximum Gasteiger partial charge on any atom is 0.278 e. The van der Waals surface area contributed by atoms with Crippen LogP contribution in [0.15, 0.2) is 24.8 Å². The SMILES string of the molecule is C=C[C@@H](N)c1c([N+](=O)[O-])ccc(C)c1O. The largest absolute Gasteiger partial charge is 0.507 e. The second-order valence-corrected chi connectivity index (χ2v) is 3.18. The van der Waals surface area contributed by atoms with Crippen LogP contribution < -0.4 is 5.73 Å². The average molecular weight is 208 g/mol. The Balaban J connectivity index is 3.48. The van der Waals surface area contributed by atoms with Gasteiger partial charge in [-0.1, -0.05) is 6.08 Å². The fourth-order valence-electron chi connectivity index (χ4n) is 1.31. The second kappa shape index (κ2) is 4.10. The Bertz CT molecular complexity index is 415. The molecule has 0 aliphatic carbocycles. The van der Waals surface area contributed by atoms with Crippen molar-refractivity contribution < 1.29 is 10.0 Å². The highest BCUT2D eigenvalue weighted by Gasteiger charge is 2.22. The smallest absolute Gasteiger partial charge is 0.278 e. The minimum atomic E-state index is -0.745. The third kappa shape index (κ3) is 1.97. The fraction of sp³-hybridized carbons (Fsp3) is 0.200. The van der Waals surface area contributed by atoms with Gasteiger partial charge >= 0.3 is 0 Å². The predicted octanol–water partition coefficient (Wildman–Crippen LogP) is 1.79. The van der Waals surface area contributed by atoms with Crippen molar-refractivity contribution in [3.05, 3.63) is 46.0 Å². The van der Waals surface area contributed by atoms with Gasteiger partial charge in [0.15, 0.2) is 0 Å². The number of nitro benzene ring substituents is 1. The Morgan fingerprint density at radius 1 is 1.67 bits per heavy atom. The molecule has 0 saturated carbocycles. The zero-order valence-corrected chi connectivity index (χ0v) is 8.30. The summed E-state index contributed by atoms with van der Waals surface area (Å²) in [5, 5.41) is 20.4. The van der Waals surface area contributed by atoms with E-state index in [1.54, 1.807) is 6.92 Å². The van der Waals surface area contributed by atoms with Crippen LogP contribution in [0.5, 0.6) is 5.75 Å². The molecule has 0 aromatic heterocycles. The number of nitro groups is 1. The third-order valence-corrected chi connectivity index (χ3v) is 2.18. The van der Waals surface area contributed by atoms with Crippen molar-refractivity contribution in [3.8, 4) is 5.75 Å². The van der Waals surface area contributed by atoms with Gasteiger partial charge in [0, 0.05) is 6.07 Å². The minimum Gasteiger partial charge on any atom is -0.507 e. The lowest BCUT2D eigenvalue weighted by atomic mass is 10.0. The number of nitrogens with zero attached hydrogens (tertiary/aromatic N) is 1. The van der Waals surface area contributed by atoms with Crippen LogP contribution >= 0.6 is 0 Å². The third-order valence-electron chi connectivity index (χ3n) is 2.18. The summed E-state index contributed by atoms with van der Waals surface area (Å²) in [6, 6.07) is 2.06. The normalized spacial score (nSPS) is 12.1. The molecule has 0 aliphatic rings. The summed E-state index contributed by atoms with van der Waals surface area (Å²) in [5.74, 6) is -0.142. The molecular formula is C10H12N2O3. The van der Waals surface area contributed by atoms with Crippen molar-refractivity contribution >= 4 is 5.69 Å². The summed E-state index contributed by atoms with van der Waals surface area (Å²) in [5.41, 5.74) is 6.09. The van der Waals surface area contributed by atoms with Crippen LogP contribution in [-0.2, 0) is 0 Å². The van der Waals surface area contributed by atoms with E-state index in [9.17, 15) is 15.2 Å². The Labute approximate surface area is 87.0 Å². The van der Waals surface area contributed by atoms with Gasteiger partial charge in [0.25, 0.3) is 5.69 Å². The van der Waals surface area contributed by atoms with E-state index in [2.05, 4.69) is 6.58 Å². The number of hydrogen-bond donors (Lipinski definition) is 2. The molecule has 1 aromatic carbocycles. The standard InChI is InChI=1S/C10H12N2O3/c1-3-7(11)9-8(12(14)15)5-4-6(2)10(9)13/h3-5,7,13H,1,11H2,2H3/t7-/m1/s1. The van der Waals surface area contributed by atoms with Gasteiger partial charge in [-0.15, -0.1) is 6.58 Å². The molecule has 0 bridgehead atoms. The number of aryl methyl sites for hydroxylation is 1. The van der Waals surface area contributed by atoms with E-state index in [-0.39, 0.29) is 17.0 Å². The molecule has 0 radical (unpaired) electrons. The molecule has 0 saturated heterocycles. The van der Waals surface area contributed by atoms with Gasteiger partial charge in [-0.2, -0.15) is 0 Å². The van der Waals surface area contributed by atoms with Gasteiger partial charge in [0.05, 0.1) is 16.5 Å². The number of hydrogen-bond acceptors (Lipinski definition) is 4. The second-order valence-electron chi connectivity index (χ2n) is 3.18. The van der Waals surface area contributed by atoms with Gasteiger partial charge in [-0.3, -0.25) is 10.1 Å². The van der Waals surface area contributed by atoms with Crippen LogP contribution in [-0.4, -0.2) is 10.0 Å². The number of phenolic OH excluding ortho intramolecular Hbond substituents is 1. The van der Waals surface area contributed by atoms with Crippen molar-refractivity contribution in [2.75, 3.05) is 0 Å². The van der Waals surface area contributed by atoms with Gasteiger partial charge in [0.1, 0.15) is 5.75 Å². The van der Waals surface area contributed by atoms with Gasteiger partial charge in [-0.25, -0.2) is 0 Å². The monoisotopic (exact) mass is 208 g/mol. The van der Waals surface area contributed by atoms with Crippen molar-refractivity contribution in [1.82, 2.24) is 0 Å². The molecule has 5 heteroatoms. The molecule has 1 rings (SSSR count). The summed E-state index contributed by atoms with van der Waals surface area (Å²) < 4.78 is 0. The first kappa shape index (κ1) is 11.2. The highest BCUT2D eigenvalue weighted by Crippen LogP contribution is 2.34. The molecule has 5 nitrogen and oxygen atoms in total. The van der Waals surface area contributed by atoms with E-state index in [0.29, 0.717) is 5.56 Å². The van der Waals surface area contributed by atoms with Crippen LogP contribution in [0.3, 0.4) is 0 Å². The molecule has 0 spiro atoms. The molecule has 0 heterocycles. The molecule has 0 unspecified atom stereocenters. The van der Waals surface area contributed by atoms with E-state index < -0.39 is 11.0 Å². The van der Waals surface area contributed by atoms with Crippen LogP contribution in [0, 0.1) is 17.0 Å². The molecule has 3 N–H and O–H groups in total. The number of phenols is 1. The maximum absolute atomic E-state index is 10.7. The fourth-order valence-corrected chi connectivity index (χ4v) is 1.31. The zero-order chi connectivity index (χ0) is 11.6. The predicted molar refractivity (Wildman–Crippen MR) is 56.6 cm³/mol. The topological polar surface area (TPSA) is 89.4 Å². The summed E-state index contributed by atoms with van der Waals surface area (Å²) in [4.78, 5) is 10.1. The maximum atomic E-state index is 10.7. The molecular weight excluding hydrogens is 196 g/mol. The first-order valence-corrected chi connectivity index (χ1v) is 4.34. The van der Waals surface area contributed by atoms with E-state index >= 15 is 0 Å². The Hall–Kier alpha value is -1.88. The lowest BCUT2D eigenvalue weighted by Gasteiger charge is -2.11. The molecule has 80 valence electrons. The van der Waals surface area contributed by atoms with Crippen LogP contribution in [0.4, 0.5) is 5.69 Å².